The van der Waals surface area contributed by atoms with Crippen LogP contribution < -0.4 is 0 Å². The summed E-state index contributed by atoms with van der Waals surface area (Å²) in [6, 6.07) is 7.04. The molecule has 17 heavy (non-hydrogen) atoms. The monoisotopic (exact) mass is 296 g/mol. The van der Waals surface area contributed by atoms with Crippen LogP contribution in [0.3, 0.4) is 0 Å². The summed E-state index contributed by atoms with van der Waals surface area (Å²) < 4.78 is 6.25. The number of rotatable bonds is 4. The molecule has 1 aromatic carbocycles. The van der Waals surface area contributed by atoms with E-state index in [1.54, 1.807) is 12.1 Å². The van der Waals surface area contributed by atoms with Crippen LogP contribution in [0.4, 0.5) is 0 Å². The molecule has 0 atom stereocenters. The minimum Gasteiger partial charge on any atom is -0.481 e. The highest BCUT2D eigenvalue weighted by atomic mass is 79.9. The van der Waals surface area contributed by atoms with Crippen LogP contribution in [0.15, 0.2) is 33.2 Å². The molecule has 0 amide bonds. The Morgan fingerprint density at radius 1 is 1.24 bits per heavy atom. The molecule has 0 fully saturated rings. The predicted octanol–water partition coefficient (Wildman–Crippen LogP) is 3.24. The summed E-state index contributed by atoms with van der Waals surface area (Å²) in [5.41, 5.74) is 0.617. The second-order valence-corrected chi connectivity index (χ2v) is 4.53. The lowest BCUT2D eigenvalue weighted by molar-refractivity contribution is -0.136. The van der Waals surface area contributed by atoms with Gasteiger partial charge in [-0.1, -0.05) is 15.9 Å². The molecule has 5 heteroatoms. The van der Waals surface area contributed by atoms with Crippen molar-refractivity contribution in [3.8, 4) is 0 Å². The Morgan fingerprint density at radius 3 is 2.71 bits per heavy atom. The van der Waals surface area contributed by atoms with E-state index in [0.717, 1.165) is 9.86 Å². The Balaban J connectivity index is 2.24. The Morgan fingerprint density at radius 2 is 2.00 bits per heavy atom. The third-order valence-corrected chi connectivity index (χ3v) is 2.81. The summed E-state index contributed by atoms with van der Waals surface area (Å²) in [6.07, 6.45) is -0.226. The number of ketones is 1. The van der Waals surface area contributed by atoms with E-state index in [-0.39, 0.29) is 24.4 Å². The molecule has 0 aliphatic rings. The fourth-order valence-corrected chi connectivity index (χ4v) is 1.87. The van der Waals surface area contributed by atoms with Crippen molar-refractivity contribution < 1.29 is 19.1 Å². The highest BCUT2D eigenvalue weighted by Crippen LogP contribution is 2.24. The lowest BCUT2D eigenvalue weighted by Gasteiger charge is -1.92. The fourth-order valence-electron chi connectivity index (χ4n) is 1.50. The zero-order valence-electron chi connectivity index (χ0n) is 8.77. The molecule has 0 radical (unpaired) electrons. The van der Waals surface area contributed by atoms with Gasteiger partial charge in [-0.15, -0.1) is 0 Å². The SMILES string of the molecule is O=C(O)CCC(=O)c1cc2cc(Br)ccc2o1. The van der Waals surface area contributed by atoms with Crippen molar-refractivity contribution in [3.05, 3.63) is 34.5 Å². The minimum absolute atomic E-state index is 0.0453. The van der Waals surface area contributed by atoms with Crippen molar-refractivity contribution in [2.75, 3.05) is 0 Å². The minimum atomic E-state index is -0.989. The first kappa shape index (κ1) is 11.9. The molecule has 0 unspecified atom stereocenters. The van der Waals surface area contributed by atoms with Gasteiger partial charge in [-0.3, -0.25) is 9.59 Å². The van der Waals surface area contributed by atoms with Gasteiger partial charge in [0.15, 0.2) is 11.5 Å². The van der Waals surface area contributed by atoms with Gasteiger partial charge in [-0.2, -0.15) is 0 Å². The van der Waals surface area contributed by atoms with E-state index in [0.29, 0.717) is 5.58 Å². The molecule has 4 nitrogen and oxygen atoms in total. The molecule has 1 heterocycles. The quantitative estimate of drug-likeness (QED) is 0.880. The topological polar surface area (TPSA) is 67.5 Å². The number of aliphatic carboxylic acids is 1. The molecule has 1 aromatic heterocycles. The second kappa shape index (κ2) is 4.71. The van der Waals surface area contributed by atoms with Crippen molar-refractivity contribution in [2.24, 2.45) is 0 Å². The van der Waals surface area contributed by atoms with Crippen LogP contribution in [-0.4, -0.2) is 16.9 Å². The molecule has 0 bridgehead atoms. The zero-order valence-corrected chi connectivity index (χ0v) is 10.4. The highest BCUT2D eigenvalue weighted by molar-refractivity contribution is 9.10. The Labute approximate surface area is 105 Å². The van der Waals surface area contributed by atoms with Gasteiger partial charge in [-0.25, -0.2) is 0 Å². The number of benzene rings is 1. The number of carboxylic acids is 1. The molecule has 2 rings (SSSR count). The van der Waals surface area contributed by atoms with Crippen molar-refractivity contribution in [3.63, 3.8) is 0 Å². The number of carboxylic acid groups (broad SMARTS) is 1. The molecule has 0 aliphatic heterocycles. The average molecular weight is 297 g/mol. The van der Waals surface area contributed by atoms with Crippen molar-refractivity contribution in [2.45, 2.75) is 12.8 Å². The van der Waals surface area contributed by atoms with Crippen molar-refractivity contribution >= 4 is 38.7 Å². The average Bonchev–Trinajstić information content (AvgIpc) is 2.68. The maximum absolute atomic E-state index is 11.6. The smallest absolute Gasteiger partial charge is 0.303 e. The lowest BCUT2D eigenvalue weighted by Crippen LogP contribution is -2.02. The van der Waals surface area contributed by atoms with Gasteiger partial charge in [0.25, 0.3) is 0 Å². The van der Waals surface area contributed by atoms with Crippen LogP contribution in [0.5, 0.6) is 0 Å². The number of Topliss-reactive ketones (excluding diaryl/α,β-unsaturated/α-hetero) is 1. The first-order valence-corrected chi connectivity index (χ1v) is 5.79. The molecule has 0 spiro atoms. The van der Waals surface area contributed by atoms with Gasteiger partial charge in [0, 0.05) is 16.3 Å². The highest BCUT2D eigenvalue weighted by Gasteiger charge is 2.13. The number of fused-ring (bicyclic) bond motifs is 1. The van der Waals surface area contributed by atoms with Crippen molar-refractivity contribution in [1.29, 1.82) is 0 Å². The fraction of sp³-hybridized carbons (Fsp3) is 0.167. The van der Waals surface area contributed by atoms with Gasteiger partial charge >= 0.3 is 5.97 Å². The third-order valence-electron chi connectivity index (χ3n) is 2.32. The van der Waals surface area contributed by atoms with E-state index in [9.17, 15) is 9.59 Å². The summed E-state index contributed by atoms with van der Waals surface area (Å²) in [5.74, 6) is -1.07. The van der Waals surface area contributed by atoms with E-state index in [1.807, 2.05) is 12.1 Å². The Kier molecular flexibility index (Phi) is 3.28. The summed E-state index contributed by atoms with van der Waals surface area (Å²) in [7, 11) is 0. The normalized spacial score (nSPS) is 10.6. The number of hydrogen-bond donors (Lipinski definition) is 1. The molecular formula is C12H9BrO4. The Hall–Kier alpha value is -1.62. The number of carbonyl (C=O) groups excluding carboxylic acids is 1. The number of hydrogen-bond acceptors (Lipinski definition) is 3. The lowest BCUT2D eigenvalue weighted by atomic mass is 10.1. The van der Waals surface area contributed by atoms with Gasteiger partial charge in [0.1, 0.15) is 5.58 Å². The summed E-state index contributed by atoms with van der Waals surface area (Å²) in [6.45, 7) is 0. The van der Waals surface area contributed by atoms with Gasteiger partial charge in [0.2, 0.25) is 0 Å². The molecule has 88 valence electrons. The maximum Gasteiger partial charge on any atom is 0.303 e. The van der Waals surface area contributed by atoms with Gasteiger partial charge < -0.3 is 9.52 Å². The van der Waals surface area contributed by atoms with Crippen LogP contribution in [0.25, 0.3) is 11.0 Å². The first-order chi connectivity index (χ1) is 8.06. The van der Waals surface area contributed by atoms with E-state index in [2.05, 4.69) is 15.9 Å². The molecule has 1 N–H and O–H groups in total. The second-order valence-electron chi connectivity index (χ2n) is 3.61. The van der Waals surface area contributed by atoms with E-state index < -0.39 is 5.97 Å². The van der Waals surface area contributed by atoms with Gasteiger partial charge in [0.05, 0.1) is 6.42 Å². The van der Waals surface area contributed by atoms with Crippen LogP contribution in [0.2, 0.25) is 0 Å². The van der Waals surface area contributed by atoms with E-state index in [1.165, 1.54) is 0 Å². The molecule has 0 aliphatic carbocycles. The van der Waals surface area contributed by atoms with E-state index >= 15 is 0 Å². The van der Waals surface area contributed by atoms with Crippen LogP contribution in [0, 0.1) is 0 Å². The third kappa shape index (κ3) is 2.74. The summed E-state index contributed by atoms with van der Waals surface area (Å²) >= 11 is 3.32. The first-order valence-electron chi connectivity index (χ1n) is 5.00. The molecular weight excluding hydrogens is 288 g/mol. The molecule has 2 aromatic rings. The van der Waals surface area contributed by atoms with Crippen molar-refractivity contribution in [1.82, 2.24) is 0 Å². The predicted molar refractivity (Wildman–Crippen MR) is 65.1 cm³/mol. The van der Waals surface area contributed by atoms with Crippen LogP contribution >= 0.6 is 15.9 Å². The zero-order chi connectivity index (χ0) is 12.4. The van der Waals surface area contributed by atoms with Crippen LogP contribution in [0.1, 0.15) is 23.4 Å². The summed E-state index contributed by atoms with van der Waals surface area (Å²) in [5, 5.41) is 9.31. The number of carbonyl (C=O) groups is 2. The van der Waals surface area contributed by atoms with Gasteiger partial charge in [-0.05, 0) is 24.3 Å². The van der Waals surface area contributed by atoms with Crippen LogP contribution in [-0.2, 0) is 4.79 Å². The molecule has 0 saturated heterocycles. The number of furan rings is 1. The molecule has 0 saturated carbocycles. The summed E-state index contributed by atoms with van der Waals surface area (Å²) in [4.78, 5) is 22.0. The number of halogens is 1. The maximum atomic E-state index is 11.6. The van der Waals surface area contributed by atoms with E-state index in [4.69, 9.17) is 9.52 Å². The standard InChI is InChI=1S/C12H9BrO4/c13-8-1-3-10-7(5-8)6-11(17-10)9(14)2-4-12(15)16/h1,3,5-6H,2,4H2,(H,15,16). The Bertz CT molecular complexity index is 585. The largest absolute Gasteiger partial charge is 0.481 e.